The van der Waals surface area contributed by atoms with Gasteiger partial charge in [0.2, 0.25) is 0 Å². The molecular formula is C14H14ClNO. The summed E-state index contributed by atoms with van der Waals surface area (Å²) in [6.45, 7) is 2.06. The lowest BCUT2D eigenvalue weighted by molar-refractivity contribution is 0.482. The van der Waals surface area contributed by atoms with E-state index >= 15 is 0 Å². The Hall–Kier alpha value is -1.67. The monoisotopic (exact) mass is 247 g/mol. The van der Waals surface area contributed by atoms with Gasteiger partial charge < -0.3 is 10.5 Å². The number of halogens is 1. The van der Waals surface area contributed by atoms with Crippen molar-refractivity contribution in [3.8, 4) is 11.5 Å². The molecule has 2 aromatic rings. The minimum atomic E-state index is 0.725. The minimum absolute atomic E-state index is 0.725. The Labute approximate surface area is 106 Å². The van der Waals surface area contributed by atoms with Gasteiger partial charge in [0.1, 0.15) is 11.5 Å². The zero-order valence-electron chi connectivity index (χ0n) is 9.61. The zero-order valence-corrected chi connectivity index (χ0v) is 10.4. The van der Waals surface area contributed by atoms with E-state index in [2.05, 4.69) is 6.92 Å². The number of ether oxygens (including phenoxy) is 1. The molecule has 0 aliphatic carbocycles. The SMILES string of the molecule is CCc1cc(Oc2ccc(N)cc2)ccc1Cl. The smallest absolute Gasteiger partial charge is 0.127 e. The molecule has 3 heteroatoms. The zero-order chi connectivity index (χ0) is 12.3. The lowest BCUT2D eigenvalue weighted by Crippen LogP contribution is -1.88. The summed E-state index contributed by atoms with van der Waals surface area (Å²) in [6.07, 6.45) is 0.887. The highest BCUT2D eigenvalue weighted by molar-refractivity contribution is 6.31. The molecule has 0 amide bonds. The fourth-order valence-electron chi connectivity index (χ4n) is 1.56. The van der Waals surface area contributed by atoms with Crippen LogP contribution in [0.1, 0.15) is 12.5 Å². The van der Waals surface area contributed by atoms with Crippen molar-refractivity contribution in [2.24, 2.45) is 0 Å². The molecule has 0 atom stereocenters. The van der Waals surface area contributed by atoms with Crippen LogP contribution in [0.15, 0.2) is 42.5 Å². The van der Waals surface area contributed by atoms with Gasteiger partial charge in [-0.1, -0.05) is 18.5 Å². The van der Waals surface area contributed by atoms with Gasteiger partial charge in [-0.25, -0.2) is 0 Å². The van der Waals surface area contributed by atoms with Crippen molar-refractivity contribution < 1.29 is 4.74 Å². The summed E-state index contributed by atoms with van der Waals surface area (Å²) < 4.78 is 5.72. The number of benzene rings is 2. The van der Waals surface area contributed by atoms with Crippen molar-refractivity contribution in [3.63, 3.8) is 0 Å². The molecule has 0 aliphatic rings. The Kier molecular flexibility index (Phi) is 3.55. The highest BCUT2D eigenvalue weighted by Gasteiger charge is 2.02. The molecule has 2 aromatic carbocycles. The summed E-state index contributed by atoms with van der Waals surface area (Å²) in [5.74, 6) is 1.56. The van der Waals surface area contributed by atoms with Gasteiger partial charge in [0.05, 0.1) is 0 Å². The van der Waals surface area contributed by atoms with Crippen molar-refractivity contribution in [2.75, 3.05) is 5.73 Å². The fraction of sp³-hybridized carbons (Fsp3) is 0.143. The Morgan fingerprint density at radius 2 is 1.71 bits per heavy atom. The maximum absolute atomic E-state index is 6.05. The van der Waals surface area contributed by atoms with Crippen molar-refractivity contribution in [1.29, 1.82) is 0 Å². The summed E-state index contributed by atoms with van der Waals surface area (Å²) in [5, 5.41) is 0.775. The van der Waals surface area contributed by atoms with E-state index in [1.54, 1.807) is 0 Å². The molecule has 0 bridgehead atoms. The van der Waals surface area contributed by atoms with Crippen LogP contribution in [0, 0.1) is 0 Å². The molecule has 17 heavy (non-hydrogen) atoms. The third-order valence-electron chi connectivity index (χ3n) is 2.51. The van der Waals surface area contributed by atoms with Crippen LogP contribution in [0.25, 0.3) is 0 Å². The number of anilines is 1. The number of hydrogen-bond donors (Lipinski definition) is 1. The van der Waals surface area contributed by atoms with E-state index in [9.17, 15) is 0 Å². The molecule has 2 rings (SSSR count). The Morgan fingerprint density at radius 1 is 1.06 bits per heavy atom. The van der Waals surface area contributed by atoms with Crippen molar-refractivity contribution in [1.82, 2.24) is 0 Å². The van der Waals surface area contributed by atoms with Gasteiger partial charge >= 0.3 is 0 Å². The number of nitrogens with two attached hydrogens (primary N) is 1. The van der Waals surface area contributed by atoms with Gasteiger partial charge in [-0.05, 0) is 54.4 Å². The van der Waals surface area contributed by atoms with Crippen molar-refractivity contribution in [3.05, 3.63) is 53.1 Å². The standard InChI is InChI=1S/C14H14ClNO/c1-2-10-9-13(7-8-14(10)15)17-12-5-3-11(16)4-6-12/h3-9H,2,16H2,1H3. The van der Waals surface area contributed by atoms with E-state index in [1.165, 1.54) is 0 Å². The molecule has 0 fully saturated rings. The first-order valence-electron chi connectivity index (χ1n) is 5.51. The molecule has 88 valence electrons. The summed E-state index contributed by atoms with van der Waals surface area (Å²) in [6, 6.07) is 13.0. The van der Waals surface area contributed by atoms with Crippen LogP contribution in [0.2, 0.25) is 5.02 Å². The number of aryl methyl sites for hydroxylation is 1. The van der Waals surface area contributed by atoms with Crippen LogP contribution in [0.3, 0.4) is 0 Å². The van der Waals surface area contributed by atoms with Gasteiger partial charge in [0.25, 0.3) is 0 Å². The second-order valence-electron chi connectivity index (χ2n) is 3.78. The predicted octanol–water partition coefficient (Wildman–Crippen LogP) is 4.28. The van der Waals surface area contributed by atoms with Crippen molar-refractivity contribution in [2.45, 2.75) is 13.3 Å². The van der Waals surface area contributed by atoms with Gasteiger partial charge in [0.15, 0.2) is 0 Å². The highest BCUT2D eigenvalue weighted by atomic mass is 35.5. The number of hydrogen-bond acceptors (Lipinski definition) is 2. The van der Waals surface area contributed by atoms with E-state index in [1.807, 2.05) is 42.5 Å². The molecule has 0 spiro atoms. The summed E-state index contributed by atoms with van der Waals surface area (Å²) in [5.41, 5.74) is 7.42. The van der Waals surface area contributed by atoms with E-state index in [-0.39, 0.29) is 0 Å². The molecule has 0 aromatic heterocycles. The van der Waals surface area contributed by atoms with Gasteiger partial charge in [-0.15, -0.1) is 0 Å². The maximum Gasteiger partial charge on any atom is 0.127 e. The topological polar surface area (TPSA) is 35.2 Å². The molecule has 0 unspecified atom stereocenters. The number of nitrogen functional groups attached to an aromatic ring is 1. The summed E-state index contributed by atoms with van der Waals surface area (Å²) >= 11 is 6.05. The molecule has 0 heterocycles. The highest BCUT2D eigenvalue weighted by Crippen LogP contribution is 2.27. The first-order valence-corrected chi connectivity index (χ1v) is 5.88. The molecule has 0 saturated carbocycles. The van der Waals surface area contributed by atoms with Crippen LogP contribution in [0.4, 0.5) is 5.69 Å². The predicted molar refractivity (Wildman–Crippen MR) is 71.8 cm³/mol. The third kappa shape index (κ3) is 2.92. The Balaban J connectivity index is 2.21. The van der Waals surface area contributed by atoms with Crippen LogP contribution >= 0.6 is 11.6 Å². The maximum atomic E-state index is 6.05. The largest absolute Gasteiger partial charge is 0.457 e. The lowest BCUT2D eigenvalue weighted by Gasteiger charge is -2.08. The van der Waals surface area contributed by atoms with E-state index < -0.39 is 0 Å². The third-order valence-corrected chi connectivity index (χ3v) is 2.88. The summed E-state index contributed by atoms with van der Waals surface area (Å²) in [4.78, 5) is 0. The fourth-order valence-corrected chi connectivity index (χ4v) is 1.81. The average molecular weight is 248 g/mol. The molecule has 2 N–H and O–H groups in total. The van der Waals surface area contributed by atoms with Crippen molar-refractivity contribution >= 4 is 17.3 Å². The minimum Gasteiger partial charge on any atom is -0.457 e. The van der Waals surface area contributed by atoms with Crippen LogP contribution in [-0.4, -0.2) is 0 Å². The van der Waals surface area contributed by atoms with Crippen LogP contribution in [-0.2, 0) is 6.42 Å². The first kappa shape index (κ1) is 11.8. The number of rotatable bonds is 3. The molecule has 0 radical (unpaired) electrons. The van der Waals surface area contributed by atoms with E-state index in [4.69, 9.17) is 22.1 Å². The van der Waals surface area contributed by atoms with E-state index in [0.29, 0.717) is 0 Å². The van der Waals surface area contributed by atoms with Gasteiger partial charge in [-0.2, -0.15) is 0 Å². The average Bonchev–Trinajstić information content (AvgIpc) is 2.34. The van der Waals surface area contributed by atoms with Gasteiger partial charge in [-0.3, -0.25) is 0 Å². The Morgan fingerprint density at radius 3 is 2.35 bits per heavy atom. The van der Waals surface area contributed by atoms with Gasteiger partial charge in [0, 0.05) is 10.7 Å². The second kappa shape index (κ2) is 5.11. The quantitative estimate of drug-likeness (QED) is 0.822. The summed E-state index contributed by atoms with van der Waals surface area (Å²) in [7, 11) is 0. The van der Waals surface area contributed by atoms with Crippen LogP contribution in [0.5, 0.6) is 11.5 Å². The molecule has 2 nitrogen and oxygen atoms in total. The Bertz CT molecular complexity index is 508. The molecular weight excluding hydrogens is 234 g/mol. The molecule has 0 aliphatic heterocycles. The second-order valence-corrected chi connectivity index (χ2v) is 4.19. The lowest BCUT2D eigenvalue weighted by atomic mass is 10.1. The molecule has 0 saturated heterocycles. The normalized spacial score (nSPS) is 10.2. The first-order chi connectivity index (χ1) is 8.19. The van der Waals surface area contributed by atoms with Crippen LogP contribution < -0.4 is 10.5 Å². The van der Waals surface area contributed by atoms with E-state index in [0.717, 1.165) is 34.2 Å².